The van der Waals surface area contributed by atoms with Gasteiger partial charge in [0.1, 0.15) is 0 Å². The van der Waals surface area contributed by atoms with Gasteiger partial charge in [0.2, 0.25) is 0 Å². The van der Waals surface area contributed by atoms with Gasteiger partial charge in [0.15, 0.2) is 0 Å². The summed E-state index contributed by atoms with van der Waals surface area (Å²) in [5, 5.41) is 11.5. The first-order chi connectivity index (χ1) is 9.56. The molecule has 4 nitrogen and oxygen atoms in total. The number of carboxylic acids is 1. The van der Waals surface area contributed by atoms with Crippen LogP contribution in [0.5, 0.6) is 0 Å². The number of hydrogen-bond acceptors (Lipinski definition) is 3. The zero-order valence-electron chi connectivity index (χ0n) is 10.4. The Morgan fingerprint density at radius 3 is 2.60 bits per heavy atom. The number of carboxylic acid groups (broad SMARTS) is 1. The molecule has 1 amide bonds. The van der Waals surface area contributed by atoms with E-state index >= 15 is 0 Å². The largest absolute Gasteiger partial charge is 0.481 e. The van der Waals surface area contributed by atoms with Gasteiger partial charge in [-0.15, -0.1) is 11.3 Å². The lowest BCUT2D eigenvalue weighted by atomic mass is 10.1. The van der Waals surface area contributed by atoms with Gasteiger partial charge in [-0.3, -0.25) is 9.59 Å². The van der Waals surface area contributed by atoms with Crippen LogP contribution < -0.4 is 5.32 Å². The summed E-state index contributed by atoms with van der Waals surface area (Å²) in [7, 11) is 0. The predicted molar refractivity (Wildman–Crippen MR) is 79.7 cm³/mol. The molecule has 0 aliphatic rings. The lowest BCUT2D eigenvalue weighted by Crippen LogP contribution is -2.12. The van der Waals surface area contributed by atoms with Crippen molar-refractivity contribution in [3.05, 3.63) is 51.2 Å². The monoisotopic (exact) mass is 309 g/mol. The summed E-state index contributed by atoms with van der Waals surface area (Å²) in [4.78, 5) is 23.2. The first-order valence-corrected chi connectivity index (χ1v) is 7.12. The second kappa shape index (κ2) is 6.54. The highest BCUT2D eigenvalue weighted by atomic mass is 35.5. The second-order valence-electron chi connectivity index (χ2n) is 4.11. The third-order valence-electron chi connectivity index (χ3n) is 2.67. The normalized spacial score (nSPS) is 10.2. The van der Waals surface area contributed by atoms with Crippen LogP contribution in [0, 0.1) is 0 Å². The van der Waals surface area contributed by atoms with Crippen LogP contribution in [0.2, 0.25) is 4.34 Å². The molecule has 0 radical (unpaired) electrons. The topological polar surface area (TPSA) is 66.4 Å². The maximum absolute atomic E-state index is 12.0. The van der Waals surface area contributed by atoms with Crippen molar-refractivity contribution in [2.45, 2.75) is 12.8 Å². The zero-order valence-corrected chi connectivity index (χ0v) is 12.0. The minimum atomic E-state index is -0.865. The van der Waals surface area contributed by atoms with E-state index in [0.29, 0.717) is 21.3 Å². The number of carbonyl (C=O) groups is 2. The number of para-hydroxylation sites is 1. The molecule has 0 aliphatic heterocycles. The predicted octanol–water partition coefficient (Wildman–Crippen LogP) is 3.67. The van der Waals surface area contributed by atoms with Crippen LogP contribution >= 0.6 is 22.9 Å². The standard InChI is InChI=1S/C14H12ClNO3S/c15-12-7-6-11(20-12)14(19)16-10-4-2-1-3-9(10)5-8-13(17)18/h1-4,6-7H,5,8H2,(H,16,19)(H,17,18). The molecule has 0 bridgehead atoms. The van der Waals surface area contributed by atoms with Crippen molar-refractivity contribution in [1.29, 1.82) is 0 Å². The highest BCUT2D eigenvalue weighted by molar-refractivity contribution is 7.18. The van der Waals surface area contributed by atoms with Gasteiger partial charge in [0, 0.05) is 12.1 Å². The Morgan fingerprint density at radius 1 is 1.20 bits per heavy atom. The number of thiophene rings is 1. The summed E-state index contributed by atoms with van der Waals surface area (Å²) in [6.07, 6.45) is 0.398. The molecule has 0 unspecified atom stereocenters. The van der Waals surface area contributed by atoms with Crippen molar-refractivity contribution in [1.82, 2.24) is 0 Å². The van der Waals surface area contributed by atoms with Crippen molar-refractivity contribution in [3.63, 3.8) is 0 Å². The Morgan fingerprint density at radius 2 is 1.95 bits per heavy atom. The van der Waals surface area contributed by atoms with E-state index < -0.39 is 5.97 Å². The summed E-state index contributed by atoms with van der Waals surface area (Å²) in [6, 6.07) is 10.5. The Hall–Kier alpha value is -1.85. The number of anilines is 1. The number of nitrogens with one attached hydrogen (secondary N) is 1. The van der Waals surface area contributed by atoms with E-state index in [1.54, 1.807) is 30.3 Å². The summed E-state index contributed by atoms with van der Waals surface area (Å²) < 4.78 is 0.550. The molecule has 0 spiro atoms. The van der Waals surface area contributed by atoms with Gasteiger partial charge < -0.3 is 10.4 Å². The summed E-state index contributed by atoms with van der Waals surface area (Å²) in [6.45, 7) is 0. The van der Waals surface area contributed by atoms with E-state index in [4.69, 9.17) is 16.7 Å². The zero-order chi connectivity index (χ0) is 14.5. The summed E-state index contributed by atoms with van der Waals surface area (Å²) in [5.74, 6) is -1.11. The summed E-state index contributed by atoms with van der Waals surface area (Å²) >= 11 is 7.00. The molecular formula is C14H12ClNO3S. The molecule has 2 aromatic rings. The van der Waals surface area contributed by atoms with E-state index in [0.717, 1.165) is 5.56 Å². The molecule has 20 heavy (non-hydrogen) atoms. The molecule has 2 N–H and O–H groups in total. The fourth-order valence-corrected chi connectivity index (χ4v) is 2.66. The van der Waals surface area contributed by atoms with Gasteiger partial charge in [-0.2, -0.15) is 0 Å². The Kier molecular flexibility index (Phi) is 4.76. The Bertz CT molecular complexity index is 639. The average Bonchev–Trinajstić information content (AvgIpc) is 2.84. The van der Waals surface area contributed by atoms with Gasteiger partial charge in [-0.1, -0.05) is 29.8 Å². The quantitative estimate of drug-likeness (QED) is 0.885. The van der Waals surface area contributed by atoms with Crippen LogP contribution in [-0.4, -0.2) is 17.0 Å². The molecule has 6 heteroatoms. The molecule has 0 aliphatic carbocycles. The van der Waals surface area contributed by atoms with E-state index in [1.165, 1.54) is 11.3 Å². The number of hydrogen-bond donors (Lipinski definition) is 2. The fraction of sp³-hybridized carbons (Fsp3) is 0.143. The maximum Gasteiger partial charge on any atom is 0.303 e. The van der Waals surface area contributed by atoms with Crippen LogP contribution in [0.3, 0.4) is 0 Å². The minimum Gasteiger partial charge on any atom is -0.481 e. The lowest BCUT2D eigenvalue weighted by molar-refractivity contribution is -0.136. The van der Waals surface area contributed by atoms with E-state index in [1.807, 2.05) is 6.07 Å². The lowest BCUT2D eigenvalue weighted by Gasteiger charge is -2.09. The van der Waals surface area contributed by atoms with Crippen LogP contribution in [0.4, 0.5) is 5.69 Å². The number of benzene rings is 1. The second-order valence-corrected chi connectivity index (χ2v) is 5.82. The van der Waals surface area contributed by atoms with Gasteiger partial charge in [0.05, 0.1) is 9.21 Å². The van der Waals surface area contributed by atoms with Crippen molar-refractivity contribution in [2.75, 3.05) is 5.32 Å². The van der Waals surface area contributed by atoms with Crippen molar-refractivity contribution >= 4 is 40.5 Å². The van der Waals surface area contributed by atoms with Crippen LogP contribution in [0.1, 0.15) is 21.7 Å². The smallest absolute Gasteiger partial charge is 0.303 e. The molecule has 0 atom stereocenters. The molecule has 1 aromatic carbocycles. The molecular weight excluding hydrogens is 298 g/mol. The first-order valence-electron chi connectivity index (χ1n) is 5.92. The van der Waals surface area contributed by atoms with E-state index in [2.05, 4.69) is 5.32 Å². The maximum atomic E-state index is 12.0. The highest BCUT2D eigenvalue weighted by Crippen LogP contribution is 2.23. The molecule has 0 saturated heterocycles. The molecule has 1 aromatic heterocycles. The minimum absolute atomic E-state index is 0.0255. The number of aliphatic carboxylic acids is 1. The van der Waals surface area contributed by atoms with Gasteiger partial charge in [-0.25, -0.2) is 0 Å². The number of carbonyl (C=O) groups excluding carboxylic acids is 1. The van der Waals surface area contributed by atoms with Crippen LogP contribution in [-0.2, 0) is 11.2 Å². The molecule has 1 heterocycles. The Balaban J connectivity index is 2.12. The van der Waals surface area contributed by atoms with Crippen molar-refractivity contribution in [2.24, 2.45) is 0 Å². The van der Waals surface area contributed by atoms with Crippen LogP contribution in [0.25, 0.3) is 0 Å². The highest BCUT2D eigenvalue weighted by Gasteiger charge is 2.11. The number of aryl methyl sites for hydroxylation is 1. The van der Waals surface area contributed by atoms with E-state index in [-0.39, 0.29) is 12.3 Å². The molecule has 0 saturated carbocycles. The Labute approximate surface area is 125 Å². The summed E-state index contributed by atoms with van der Waals surface area (Å²) in [5.41, 5.74) is 1.43. The van der Waals surface area contributed by atoms with Gasteiger partial charge in [-0.05, 0) is 30.2 Å². The first kappa shape index (κ1) is 14.6. The van der Waals surface area contributed by atoms with Crippen molar-refractivity contribution < 1.29 is 14.7 Å². The molecule has 0 fully saturated rings. The van der Waals surface area contributed by atoms with Gasteiger partial charge in [0.25, 0.3) is 5.91 Å². The molecule has 2 rings (SSSR count). The van der Waals surface area contributed by atoms with Gasteiger partial charge >= 0.3 is 5.97 Å². The number of halogens is 1. The van der Waals surface area contributed by atoms with Crippen LogP contribution in [0.15, 0.2) is 36.4 Å². The molecule has 104 valence electrons. The van der Waals surface area contributed by atoms with E-state index in [9.17, 15) is 9.59 Å². The van der Waals surface area contributed by atoms with Crippen molar-refractivity contribution in [3.8, 4) is 0 Å². The SMILES string of the molecule is O=C(O)CCc1ccccc1NC(=O)c1ccc(Cl)s1. The number of rotatable bonds is 5. The number of amides is 1. The third-order valence-corrected chi connectivity index (χ3v) is 3.90. The third kappa shape index (κ3) is 3.82. The average molecular weight is 310 g/mol. The fourth-order valence-electron chi connectivity index (χ4n) is 1.72.